The second kappa shape index (κ2) is 6.37. The van der Waals surface area contributed by atoms with Crippen LogP contribution < -0.4 is 10.5 Å². The quantitative estimate of drug-likeness (QED) is 0.940. The average molecular weight is 317 g/mol. The minimum absolute atomic E-state index is 0.193. The Labute approximate surface area is 120 Å². The van der Waals surface area contributed by atoms with E-state index in [9.17, 15) is 0 Å². The highest BCUT2D eigenvalue weighted by atomic mass is 79.9. The molecule has 1 unspecified atom stereocenters. The van der Waals surface area contributed by atoms with Gasteiger partial charge in [0.2, 0.25) is 0 Å². The van der Waals surface area contributed by atoms with Crippen LogP contribution in [0.3, 0.4) is 0 Å². The second-order valence-electron chi connectivity index (χ2n) is 4.03. The van der Waals surface area contributed by atoms with Crippen LogP contribution >= 0.6 is 15.9 Å². The van der Waals surface area contributed by atoms with Crippen LogP contribution in [0.15, 0.2) is 53.0 Å². The molecule has 2 aromatic carbocycles. The lowest BCUT2D eigenvalue weighted by molar-refractivity contribution is 0.214. The van der Waals surface area contributed by atoms with Gasteiger partial charge in [-0.2, -0.15) is 5.26 Å². The van der Waals surface area contributed by atoms with Crippen molar-refractivity contribution < 1.29 is 4.74 Å². The second-order valence-corrected chi connectivity index (χ2v) is 4.95. The van der Waals surface area contributed by atoms with Crippen LogP contribution in [0.25, 0.3) is 0 Å². The van der Waals surface area contributed by atoms with Gasteiger partial charge in [0.05, 0.1) is 11.6 Å². The third kappa shape index (κ3) is 3.57. The summed E-state index contributed by atoms with van der Waals surface area (Å²) in [6.07, 6.45) is -0.193. The first-order valence-corrected chi connectivity index (χ1v) is 6.64. The topological polar surface area (TPSA) is 59.0 Å². The Kier molecular flexibility index (Phi) is 4.56. The molecule has 96 valence electrons. The highest BCUT2D eigenvalue weighted by Crippen LogP contribution is 2.23. The molecular weight excluding hydrogens is 304 g/mol. The molecule has 0 spiro atoms. The number of hydrogen-bond acceptors (Lipinski definition) is 3. The van der Waals surface area contributed by atoms with E-state index in [-0.39, 0.29) is 6.10 Å². The standard InChI is InChI=1S/C15H13BrN2O/c16-13-5-3-12(4-6-13)15(10-18)19-14-7-1-11(9-17)2-8-14/h1-8,15H,10,18H2. The molecule has 0 amide bonds. The van der Waals surface area contributed by atoms with E-state index in [1.807, 2.05) is 24.3 Å². The maximum absolute atomic E-state index is 8.75. The SMILES string of the molecule is N#Cc1ccc(OC(CN)c2ccc(Br)cc2)cc1. The highest BCUT2D eigenvalue weighted by Gasteiger charge is 2.11. The van der Waals surface area contributed by atoms with Crippen LogP contribution in [-0.2, 0) is 0 Å². The lowest BCUT2D eigenvalue weighted by atomic mass is 10.1. The number of nitrogens with zero attached hydrogens (tertiary/aromatic N) is 1. The molecule has 0 heterocycles. The van der Waals surface area contributed by atoms with Gasteiger partial charge >= 0.3 is 0 Å². The van der Waals surface area contributed by atoms with Gasteiger partial charge in [-0.05, 0) is 42.0 Å². The van der Waals surface area contributed by atoms with Crippen LogP contribution in [-0.4, -0.2) is 6.54 Å². The van der Waals surface area contributed by atoms with Crippen molar-refractivity contribution in [1.29, 1.82) is 5.26 Å². The molecule has 2 rings (SSSR count). The average Bonchev–Trinajstić information content (AvgIpc) is 2.46. The Morgan fingerprint density at radius 3 is 2.26 bits per heavy atom. The largest absolute Gasteiger partial charge is 0.484 e. The van der Waals surface area contributed by atoms with E-state index in [0.29, 0.717) is 17.9 Å². The highest BCUT2D eigenvalue weighted by molar-refractivity contribution is 9.10. The van der Waals surface area contributed by atoms with E-state index in [0.717, 1.165) is 10.0 Å². The zero-order valence-corrected chi connectivity index (χ0v) is 11.8. The number of hydrogen-bond donors (Lipinski definition) is 1. The van der Waals surface area contributed by atoms with Gasteiger partial charge in [0, 0.05) is 11.0 Å². The van der Waals surface area contributed by atoms with E-state index >= 15 is 0 Å². The third-order valence-corrected chi connectivity index (χ3v) is 3.25. The summed E-state index contributed by atoms with van der Waals surface area (Å²) in [6, 6.07) is 17.0. The summed E-state index contributed by atoms with van der Waals surface area (Å²) in [5.74, 6) is 0.706. The molecule has 0 saturated heterocycles. The molecule has 0 saturated carbocycles. The van der Waals surface area contributed by atoms with Gasteiger partial charge in [0.25, 0.3) is 0 Å². The summed E-state index contributed by atoms with van der Waals surface area (Å²) in [7, 11) is 0. The maximum Gasteiger partial charge on any atom is 0.136 e. The molecule has 0 fully saturated rings. The molecule has 2 aromatic rings. The fraction of sp³-hybridized carbons (Fsp3) is 0.133. The fourth-order valence-corrected chi connectivity index (χ4v) is 1.97. The van der Waals surface area contributed by atoms with Crippen LogP contribution in [0.4, 0.5) is 0 Å². The molecule has 3 nitrogen and oxygen atoms in total. The predicted molar refractivity (Wildman–Crippen MR) is 77.7 cm³/mol. The minimum Gasteiger partial charge on any atom is -0.484 e. The fourth-order valence-electron chi connectivity index (χ4n) is 1.70. The third-order valence-electron chi connectivity index (χ3n) is 2.72. The van der Waals surface area contributed by atoms with E-state index < -0.39 is 0 Å². The van der Waals surface area contributed by atoms with Gasteiger partial charge in [0.15, 0.2) is 0 Å². The van der Waals surface area contributed by atoms with Gasteiger partial charge in [-0.1, -0.05) is 28.1 Å². The summed E-state index contributed by atoms with van der Waals surface area (Å²) in [4.78, 5) is 0. The molecular formula is C15H13BrN2O. The molecule has 19 heavy (non-hydrogen) atoms. The van der Waals surface area contributed by atoms with Crippen molar-refractivity contribution in [3.05, 3.63) is 64.1 Å². The van der Waals surface area contributed by atoms with Gasteiger partial charge < -0.3 is 10.5 Å². The van der Waals surface area contributed by atoms with Crippen molar-refractivity contribution in [2.45, 2.75) is 6.10 Å². The van der Waals surface area contributed by atoms with Crippen molar-refractivity contribution in [3.63, 3.8) is 0 Å². The summed E-state index contributed by atoms with van der Waals surface area (Å²) in [6.45, 7) is 0.391. The smallest absolute Gasteiger partial charge is 0.136 e. The monoisotopic (exact) mass is 316 g/mol. The van der Waals surface area contributed by atoms with Gasteiger partial charge in [-0.15, -0.1) is 0 Å². The normalized spacial score (nSPS) is 11.6. The van der Waals surface area contributed by atoms with Crippen molar-refractivity contribution in [1.82, 2.24) is 0 Å². The molecule has 0 radical (unpaired) electrons. The van der Waals surface area contributed by atoms with E-state index in [1.54, 1.807) is 24.3 Å². The van der Waals surface area contributed by atoms with E-state index in [1.165, 1.54) is 0 Å². The van der Waals surface area contributed by atoms with Crippen LogP contribution in [0.5, 0.6) is 5.75 Å². The number of ether oxygens (including phenoxy) is 1. The number of rotatable bonds is 4. The number of nitrogens with two attached hydrogens (primary N) is 1. The maximum atomic E-state index is 8.75. The Balaban J connectivity index is 2.14. The predicted octanol–water partition coefficient (Wildman–Crippen LogP) is 3.40. The molecule has 2 N–H and O–H groups in total. The van der Waals surface area contributed by atoms with Crippen LogP contribution in [0.1, 0.15) is 17.2 Å². The Morgan fingerprint density at radius 1 is 1.11 bits per heavy atom. The van der Waals surface area contributed by atoms with Crippen LogP contribution in [0.2, 0.25) is 0 Å². The zero-order chi connectivity index (χ0) is 13.7. The summed E-state index contributed by atoms with van der Waals surface area (Å²) < 4.78 is 6.86. The number of benzene rings is 2. The van der Waals surface area contributed by atoms with Gasteiger partial charge in [-0.3, -0.25) is 0 Å². The van der Waals surface area contributed by atoms with Gasteiger partial charge in [0.1, 0.15) is 11.9 Å². The Hall–Kier alpha value is -1.83. The van der Waals surface area contributed by atoms with E-state index in [2.05, 4.69) is 22.0 Å². The van der Waals surface area contributed by atoms with Gasteiger partial charge in [-0.25, -0.2) is 0 Å². The molecule has 0 aromatic heterocycles. The lowest BCUT2D eigenvalue weighted by Gasteiger charge is -2.18. The molecule has 0 aliphatic carbocycles. The Morgan fingerprint density at radius 2 is 1.74 bits per heavy atom. The first-order chi connectivity index (χ1) is 9.22. The summed E-state index contributed by atoms with van der Waals surface area (Å²) in [5, 5.41) is 8.75. The summed E-state index contributed by atoms with van der Waals surface area (Å²) >= 11 is 3.40. The summed E-state index contributed by atoms with van der Waals surface area (Å²) in [5.41, 5.74) is 7.39. The minimum atomic E-state index is -0.193. The van der Waals surface area contributed by atoms with Crippen molar-refractivity contribution >= 4 is 15.9 Å². The number of halogens is 1. The molecule has 0 aliphatic heterocycles. The first kappa shape index (κ1) is 13.6. The Bertz CT molecular complexity index is 573. The van der Waals surface area contributed by atoms with Crippen molar-refractivity contribution in [2.75, 3.05) is 6.54 Å². The zero-order valence-electron chi connectivity index (χ0n) is 10.2. The first-order valence-electron chi connectivity index (χ1n) is 5.85. The molecule has 1 atom stereocenters. The van der Waals surface area contributed by atoms with E-state index in [4.69, 9.17) is 15.7 Å². The molecule has 0 aliphatic rings. The van der Waals surface area contributed by atoms with Crippen molar-refractivity contribution in [3.8, 4) is 11.8 Å². The van der Waals surface area contributed by atoms with Crippen LogP contribution in [0, 0.1) is 11.3 Å². The van der Waals surface area contributed by atoms with Crippen molar-refractivity contribution in [2.24, 2.45) is 5.73 Å². The number of nitriles is 1. The molecule has 0 bridgehead atoms. The molecule has 4 heteroatoms. The lowest BCUT2D eigenvalue weighted by Crippen LogP contribution is -2.18.